The number of halogens is 4. The van der Waals surface area contributed by atoms with Gasteiger partial charge in [0.25, 0.3) is 23.4 Å². The maximum atomic E-state index is 12.7. The van der Waals surface area contributed by atoms with Gasteiger partial charge < -0.3 is 0 Å². The Bertz CT molecular complexity index is 1010. The largest absolute Gasteiger partial charge is 0.282 e. The van der Waals surface area contributed by atoms with Crippen LogP contribution in [0.15, 0.2) is 42.2 Å². The maximum absolute atomic E-state index is 12.7. The van der Waals surface area contributed by atoms with E-state index in [4.69, 9.17) is 0 Å². The number of nitro groups is 1. The van der Waals surface area contributed by atoms with E-state index in [-0.39, 0.29) is 16.7 Å². The number of amides is 3. The molecular formula is C15H5Br4N3O5. The topological polar surface area (TPSA) is 110 Å². The Labute approximate surface area is 184 Å². The van der Waals surface area contributed by atoms with Crippen molar-refractivity contribution in [3.05, 3.63) is 69.0 Å². The molecule has 12 heteroatoms. The molecule has 0 unspecified atom stereocenters. The highest BCUT2D eigenvalue weighted by molar-refractivity contribution is 9.15. The lowest BCUT2D eigenvalue weighted by Crippen LogP contribution is -2.46. The van der Waals surface area contributed by atoms with Gasteiger partial charge in [-0.1, -0.05) is 12.1 Å². The van der Waals surface area contributed by atoms with Crippen LogP contribution in [0.3, 0.4) is 0 Å². The standard InChI is InChI=1S/C15H5Br4N3O5/c16-9-7-8(10(17)12(19)11(9)18)15(25)21(14(7)24)20-13(23)5-3-1-2-4-6(5)22(26)27/h1-4H,(H,20,23). The van der Waals surface area contributed by atoms with Gasteiger partial charge in [-0.3, -0.25) is 29.9 Å². The van der Waals surface area contributed by atoms with Gasteiger partial charge in [0.15, 0.2) is 0 Å². The lowest BCUT2D eigenvalue weighted by molar-refractivity contribution is -0.385. The van der Waals surface area contributed by atoms with Crippen molar-refractivity contribution < 1.29 is 19.3 Å². The predicted molar refractivity (Wildman–Crippen MR) is 108 cm³/mol. The van der Waals surface area contributed by atoms with E-state index in [0.29, 0.717) is 22.9 Å². The number of imide groups is 1. The smallest absolute Gasteiger partial charge is 0.267 e. The first-order chi connectivity index (χ1) is 12.7. The SMILES string of the molecule is O=C(NN1C(=O)c2c(Br)c(Br)c(Br)c(Br)c2C1=O)c1ccccc1[N+](=O)[O-]. The third-order valence-corrected chi connectivity index (χ3v) is 8.43. The molecule has 138 valence electrons. The van der Waals surface area contributed by atoms with Crippen molar-refractivity contribution in [1.82, 2.24) is 10.4 Å². The number of nitrogens with one attached hydrogen (secondary N) is 1. The molecule has 0 spiro atoms. The van der Waals surface area contributed by atoms with Gasteiger partial charge in [0.05, 0.1) is 16.1 Å². The zero-order valence-electron chi connectivity index (χ0n) is 12.8. The highest BCUT2D eigenvalue weighted by Crippen LogP contribution is 2.45. The molecule has 3 rings (SSSR count). The Kier molecular flexibility index (Phi) is 5.52. The number of nitrogens with zero attached hydrogens (tertiary/aromatic N) is 2. The minimum absolute atomic E-state index is 0.0461. The van der Waals surface area contributed by atoms with Crippen LogP contribution in [0.5, 0.6) is 0 Å². The van der Waals surface area contributed by atoms with Crippen LogP contribution in [0.1, 0.15) is 31.1 Å². The fraction of sp³-hybridized carbons (Fsp3) is 0. The van der Waals surface area contributed by atoms with Gasteiger partial charge in [0, 0.05) is 24.0 Å². The molecule has 0 bridgehead atoms. The van der Waals surface area contributed by atoms with Crippen molar-refractivity contribution in [2.24, 2.45) is 0 Å². The molecule has 0 fully saturated rings. The zero-order valence-corrected chi connectivity index (χ0v) is 19.1. The zero-order chi connectivity index (χ0) is 20.0. The molecule has 0 saturated carbocycles. The molecule has 1 heterocycles. The molecule has 0 saturated heterocycles. The average molecular weight is 627 g/mol. The summed E-state index contributed by atoms with van der Waals surface area (Å²) in [6.07, 6.45) is 0. The van der Waals surface area contributed by atoms with E-state index in [1.165, 1.54) is 18.2 Å². The van der Waals surface area contributed by atoms with E-state index in [2.05, 4.69) is 69.1 Å². The van der Waals surface area contributed by atoms with E-state index < -0.39 is 28.3 Å². The lowest BCUT2D eigenvalue weighted by Gasteiger charge is -2.15. The number of rotatable bonds is 3. The number of hydrogen-bond acceptors (Lipinski definition) is 5. The molecule has 1 aliphatic heterocycles. The van der Waals surface area contributed by atoms with Gasteiger partial charge >= 0.3 is 0 Å². The summed E-state index contributed by atoms with van der Waals surface area (Å²) in [7, 11) is 0. The van der Waals surface area contributed by atoms with Crippen molar-refractivity contribution in [2.45, 2.75) is 0 Å². The number of nitro benzene ring substituents is 1. The molecule has 1 aliphatic rings. The molecule has 3 amide bonds. The number of benzene rings is 2. The van der Waals surface area contributed by atoms with E-state index in [1.54, 1.807) is 0 Å². The molecule has 0 aromatic heterocycles. The van der Waals surface area contributed by atoms with Gasteiger partial charge in [-0.2, -0.15) is 5.01 Å². The molecule has 2 aromatic carbocycles. The van der Waals surface area contributed by atoms with Crippen LogP contribution in [-0.2, 0) is 0 Å². The molecule has 1 N–H and O–H groups in total. The number of para-hydroxylation sites is 1. The normalized spacial score (nSPS) is 13.0. The first-order valence-electron chi connectivity index (χ1n) is 6.96. The first kappa shape index (κ1) is 20.1. The van der Waals surface area contributed by atoms with Crippen molar-refractivity contribution in [3.63, 3.8) is 0 Å². The van der Waals surface area contributed by atoms with E-state index in [9.17, 15) is 24.5 Å². The van der Waals surface area contributed by atoms with Crippen LogP contribution in [0.4, 0.5) is 5.69 Å². The molecule has 0 aliphatic carbocycles. The summed E-state index contributed by atoms with van der Waals surface area (Å²) in [6, 6.07) is 5.22. The molecule has 27 heavy (non-hydrogen) atoms. The molecule has 0 atom stereocenters. The Morgan fingerprint density at radius 2 is 1.41 bits per heavy atom. The van der Waals surface area contributed by atoms with Crippen molar-refractivity contribution >= 4 is 87.1 Å². The van der Waals surface area contributed by atoms with Crippen LogP contribution in [0.25, 0.3) is 0 Å². The first-order valence-corrected chi connectivity index (χ1v) is 10.1. The molecule has 8 nitrogen and oxygen atoms in total. The van der Waals surface area contributed by atoms with Crippen LogP contribution < -0.4 is 5.43 Å². The summed E-state index contributed by atoms with van der Waals surface area (Å²) in [5.41, 5.74) is 1.52. The second-order valence-corrected chi connectivity index (χ2v) is 8.34. The Balaban J connectivity index is 2.01. The predicted octanol–water partition coefficient (Wildman–Crippen LogP) is 4.59. The summed E-state index contributed by atoms with van der Waals surface area (Å²) in [6.45, 7) is 0. The maximum Gasteiger partial charge on any atom is 0.282 e. The second kappa shape index (κ2) is 7.41. The highest BCUT2D eigenvalue weighted by Gasteiger charge is 2.42. The number of hydrogen-bond donors (Lipinski definition) is 1. The Morgan fingerprint density at radius 1 is 0.926 bits per heavy atom. The summed E-state index contributed by atoms with van der Waals surface area (Å²) >= 11 is 13.1. The fourth-order valence-electron chi connectivity index (χ4n) is 2.44. The van der Waals surface area contributed by atoms with Crippen molar-refractivity contribution in [3.8, 4) is 0 Å². The van der Waals surface area contributed by atoms with Gasteiger partial charge in [-0.25, -0.2) is 0 Å². The third-order valence-electron chi connectivity index (χ3n) is 3.66. The van der Waals surface area contributed by atoms with Crippen LogP contribution >= 0.6 is 63.7 Å². The lowest BCUT2D eigenvalue weighted by atomic mass is 10.1. The third kappa shape index (κ3) is 3.24. The summed E-state index contributed by atoms with van der Waals surface area (Å²) in [5.74, 6) is -2.51. The van der Waals surface area contributed by atoms with E-state index in [0.717, 1.165) is 6.07 Å². The minimum Gasteiger partial charge on any atom is -0.267 e. The van der Waals surface area contributed by atoms with Gasteiger partial charge in [-0.15, -0.1) is 0 Å². The summed E-state index contributed by atoms with van der Waals surface area (Å²) in [5, 5.41) is 11.6. The summed E-state index contributed by atoms with van der Waals surface area (Å²) < 4.78 is 1.66. The fourth-order valence-corrected chi connectivity index (χ4v) is 4.89. The Hall–Kier alpha value is -1.63. The van der Waals surface area contributed by atoms with Gasteiger partial charge in [0.1, 0.15) is 5.56 Å². The van der Waals surface area contributed by atoms with E-state index in [1.807, 2.05) is 0 Å². The number of carbonyl (C=O) groups is 3. The monoisotopic (exact) mass is 623 g/mol. The number of carbonyl (C=O) groups excluding carboxylic acids is 3. The number of hydrazine groups is 1. The van der Waals surface area contributed by atoms with E-state index >= 15 is 0 Å². The van der Waals surface area contributed by atoms with Crippen LogP contribution in [-0.4, -0.2) is 27.7 Å². The minimum atomic E-state index is -0.956. The van der Waals surface area contributed by atoms with Gasteiger partial charge in [0.2, 0.25) is 0 Å². The molecule has 2 aromatic rings. The quantitative estimate of drug-likeness (QED) is 0.176. The highest BCUT2D eigenvalue weighted by atomic mass is 79.9. The van der Waals surface area contributed by atoms with Crippen molar-refractivity contribution in [2.75, 3.05) is 0 Å². The Morgan fingerprint density at radius 3 is 1.89 bits per heavy atom. The van der Waals surface area contributed by atoms with Gasteiger partial charge in [-0.05, 0) is 69.8 Å². The van der Waals surface area contributed by atoms with Crippen LogP contribution in [0.2, 0.25) is 0 Å². The average Bonchev–Trinajstić information content (AvgIpc) is 2.89. The second-order valence-electron chi connectivity index (χ2n) is 5.17. The number of fused-ring (bicyclic) bond motifs is 1. The van der Waals surface area contributed by atoms with Crippen molar-refractivity contribution in [1.29, 1.82) is 0 Å². The molecular weight excluding hydrogens is 622 g/mol. The summed E-state index contributed by atoms with van der Waals surface area (Å²) in [4.78, 5) is 48.2. The molecule has 0 radical (unpaired) electrons. The van der Waals surface area contributed by atoms with Crippen LogP contribution in [0, 0.1) is 10.1 Å².